The Labute approximate surface area is 297 Å². The molecule has 0 saturated carbocycles. The van der Waals surface area contributed by atoms with Gasteiger partial charge in [0.05, 0.1) is 15.6 Å². The van der Waals surface area contributed by atoms with Gasteiger partial charge in [0, 0.05) is 9.17 Å². The third kappa shape index (κ3) is 65.4. The van der Waals surface area contributed by atoms with Crippen LogP contribution in [0.2, 0.25) is 0 Å². The van der Waals surface area contributed by atoms with E-state index in [1.165, 1.54) is 0 Å². The van der Waals surface area contributed by atoms with Crippen molar-refractivity contribution in [3.05, 3.63) is 0 Å². The second kappa shape index (κ2) is 24.4. The van der Waals surface area contributed by atoms with Gasteiger partial charge >= 0.3 is 235 Å². The van der Waals surface area contributed by atoms with E-state index in [1.807, 2.05) is 0 Å². The fourth-order valence-electron chi connectivity index (χ4n) is 0.122. The van der Waals surface area contributed by atoms with Crippen LogP contribution in [0.15, 0.2) is 0 Å². The zero-order chi connectivity index (χ0) is 11.3. The van der Waals surface area contributed by atoms with E-state index in [4.69, 9.17) is 14.1 Å². The van der Waals surface area contributed by atoms with Crippen molar-refractivity contribution in [1.82, 2.24) is 0 Å². The zero-order valence-corrected chi connectivity index (χ0v) is 27.8. The number of hydrogen-bond donors (Lipinski definition) is 0. The second-order valence-electron chi connectivity index (χ2n) is 1.23. The molecule has 0 fully saturated rings. The molecule has 0 saturated heterocycles. The summed E-state index contributed by atoms with van der Waals surface area (Å²) in [6.45, 7) is 0. The normalized spacial score (nSPS) is 8.22. The van der Waals surface area contributed by atoms with Crippen molar-refractivity contribution in [2.24, 2.45) is 0 Å². The first-order valence-corrected chi connectivity index (χ1v) is 6.22. The van der Waals surface area contributed by atoms with E-state index in [0.29, 0.717) is 0 Å². The minimum atomic E-state index is -5.68. The number of hydrogen-bond acceptors (Lipinski definition) is 10. The Balaban J connectivity index is -0.0000000243. The molecule has 0 amide bonds. The molecule has 0 aliphatic carbocycles. The molecule has 0 atom stereocenters. The van der Waals surface area contributed by atoms with Crippen molar-refractivity contribution in [3.63, 3.8) is 0 Å². The summed E-state index contributed by atoms with van der Waals surface area (Å²) in [7, 11) is -15.0. The van der Waals surface area contributed by atoms with E-state index in [0.717, 1.165) is 0 Å². The second-order valence-corrected chi connectivity index (χ2v) is 4.17. The summed E-state index contributed by atoms with van der Waals surface area (Å²) in [5, 5.41) is 0. The van der Waals surface area contributed by atoms with Crippen molar-refractivity contribution >= 4 is 24.8 Å². The summed E-state index contributed by atoms with van der Waals surface area (Å²) in [5.41, 5.74) is 0. The first kappa shape index (κ1) is 44.7. The maximum atomic E-state index is 9.32. The van der Waals surface area contributed by atoms with Crippen molar-refractivity contribution < 1.29 is 282 Å². The summed E-state index contributed by atoms with van der Waals surface area (Å²) in [4.78, 5) is 54.3. The number of rotatable bonds is 2. The SMILES string of the molecule is O=P([O-])([O-])OP(=O)([O-])[O-].O=[Si]([O-])[O-].[K+].[K+].[K+].[K+].[Na+]. The van der Waals surface area contributed by atoms with Gasteiger partial charge in [-0.15, -0.1) is 0 Å². The predicted octanol–water partition coefficient (Wildman–Crippen LogP) is -21.2. The van der Waals surface area contributed by atoms with Crippen LogP contribution in [0.5, 0.6) is 0 Å². The third-order valence-electron chi connectivity index (χ3n) is 0.200. The monoisotopic (exact) mass is 429 g/mol. The largest absolute Gasteiger partial charge is 1.00 e. The van der Waals surface area contributed by atoms with Crippen molar-refractivity contribution in [3.8, 4) is 0 Å². The summed E-state index contributed by atoms with van der Waals surface area (Å²) in [5.74, 6) is 0. The van der Waals surface area contributed by atoms with Crippen LogP contribution < -0.4 is 264 Å². The van der Waals surface area contributed by atoms with Gasteiger partial charge in [0.15, 0.2) is 0 Å². The minimum Gasteiger partial charge on any atom is -0.790 e. The summed E-state index contributed by atoms with van der Waals surface area (Å²) >= 11 is 0. The predicted molar refractivity (Wildman–Crippen MR) is 22.7 cm³/mol. The van der Waals surface area contributed by atoms with Crippen LogP contribution in [0, 0.1) is 0 Å². The molecule has 0 aliphatic rings. The van der Waals surface area contributed by atoms with Gasteiger partial charge in [-0.1, -0.05) is 0 Å². The summed E-state index contributed by atoms with van der Waals surface area (Å²) in [6, 6.07) is 0. The average molecular weight is 429 g/mol. The molecule has 0 aliphatic heterocycles. The standard InChI is InChI=1S/4K.Na.H4O7P2.O3Si/c;;;;;1-8(2,3)7-9(4,5)6;1-4(2)3/h;;;;;(H2,1,2,3)(H2,4,5,6);/q5*+1;;-2/p-4. The average Bonchev–Trinajstić information content (AvgIpc) is 1.47. The maximum Gasteiger partial charge on any atom is 1.00 e. The van der Waals surface area contributed by atoms with Gasteiger partial charge in [-0.25, -0.2) is 0 Å². The number of phosphoric acid groups is 2. The van der Waals surface area contributed by atoms with Gasteiger partial charge in [0.2, 0.25) is 0 Å². The topological polar surface area (TPSA) is 199 Å². The van der Waals surface area contributed by atoms with E-state index in [-0.39, 0.29) is 235 Å². The van der Waals surface area contributed by atoms with Crippen molar-refractivity contribution in [2.75, 3.05) is 0 Å². The molecule has 0 N–H and O–H groups in total. The van der Waals surface area contributed by atoms with E-state index in [2.05, 4.69) is 4.31 Å². The molecular weight excluding hydrogens is 429 g/mol. The van der Waals surface area contributed by atoms with Crippen LogP contribution >= 0.6 is 15.6 Å². The molecule has 0 bridgehead atoms. The van der Waals surface area contributed by atoms with Crippen LogP contribution in [0.4, 0.5) is 0 Å². The molecule has 18 heteroatoms. The molecule has 0 aromatic rings. The van der Waals surface area contributed by atoms with E-state index < -0.39 is 24.8 Å². The van der Waals surface area contributed by atoms with Crippen molar-refractivity contribution in [1.29, 1.82) is 0 Å². The van der Waals surface area contributed by atoms with Crippen molar-refractivity contribution in [2.45, 2.75) is 0 Å². The van der Waals surface area contributed by atoms with Crippen LogP contribution in [0.25, 0.3) is 0 Å². The molecule has 0 aromatic heterocycles. The first-order valence-electron chi connectivity index (χ1n) is 2.07. The van der Waals surface area contributed by atoms with Gasteiger partial charge in [0.25, 0.3) is 0 Å². The molecule has 18 heavy (non-hydrogen) atoms. The minimum absolute atomic E-state index is 0. The summed E-state index contributed by atoms with van der Waals surface area (Å²) in [6.07, 6.45) is 0. The van der Waals surface area contributed by atoms with Gasteiger partial charge < -0.3 is 47.1 Å². The quantitative estimate of drug-likeness (QED) is 0.300. The Hall–Kier alpha value is 7.42. The van der Waals surface area contributed by atoms with Crippen LogP contribution in [0.3, 0.4) is 0 Å². The van der Waals surface area contributed by atoms with Gasteiger partial charge in [0.1, 0.15) is 0 Å². The Kier molecular flexibility index (Phi) is 60.6. The fourth-order valence-corrected chi connectivity index (χ4v) is 1.10. The fraction of sp³-hybridized carbons (Fsp3) is 0. The Bertz CT molecular complexity index is 237. The molecule has 80 valence electrons. The van der Waals surface area contributed by atoms with E-state index in [1.54, 1.807) is 0 Å². The Morgan fingerprint density at radius 1 is 0.778 bits per heavy atom. The molecule has 0 heterocycles. The van der Waals surface area contributed by atoms with Gasteiger partial charge in [-0.2, -0.15) is 0 Å². The van der Waals surface area contributed by atoms with Gasteiger partial charge in [-0.3, -0.25) is 0 Å². The first-order chi connectivity index (χ1) is 5.44. The zero-order valence-electron chi connectivity index (χ0n) is 10.5. The molecular formula is K4NaO10P2Si-. The maximum absolute atomic E-state index is 9.32. The Morgan fingerprint density at radius 3 is 0.889 bits per heavy atom. The van der Waals surface area contributed by atoms with Crippen LogP contribution in [-0.4, -0.2) is 9.17 Å². The molecule has 0 rings (SSSR count). The van der Waals surface area contributed by atoms with E-state index >= 15 is 0 Å². The molecule has 0 radical (unpaired) electrons. The van der Waals surface area contributed by atoms with Crippen LogP contribution in [0.1, 0.15) is 0 Å². The smallest absolute Gasteiger partial charge is 0.790 e. The summed E-state index contributed by atoms with van der Waals surface area (Å²) < 4.78 is 29.7. The molecule has 0 spiro atoms. The molecule has 0 aromatic carbocycles. The third-order valence-corrected chi connectivity index (χ3v) is 1.80. The molecule has 10 nitrogen and oxygen atoms in total. The molecule has 0 unspecified atom stereocenters. The van der Waals surface area contributed by atoms with Crippen LogP contribution in [-0.2, 0) is 17.9 Å². The van der Waals surface area contributed by atoms with E-state index in [9.17, 15) is 28.7 Å². The van der Waals surface area contributed by atoms with Gasteiger partial charge in [-0.05, 0) is 0 Å². The Morgan fingerprint density at radius 2 is 0.889 bits per heavy atom.